The summed E-state index contributed by atoms with van der Waals surface area (Å²) in [5.74, 6) is -0.0642. The van der Waals surface area contributed by atoms with Gasteiger partial charge in [-0.25, -0.2) is 0 Å². The van der Waals surface area contributed by atoms with Crippen molar-refractivity contribution in [2.45, 2.75) is 26.8 Å². The summed E-state index contributed by atoms with van der Waals surface area (Å²) in [4.78, 5) is 15.0. The van der Waals surface area contributed by atoms with Crippen LogP contribution in [0.2, 0.25) is 5.02 Å². The van der Waals surface area contributed by atoms with Gasteiger partial charge in [-0.2, -0.15) is 0 Å². The lowest BCUT2D eigenvalue weighted by atomic mass is 10.0. The van der Waals surface area contributed by atoms with E-state index >= 15 is 0 Å². The zero-order chi connectivity index (χ0) is 16.8. The summed E-state index contributed by atoms with van der Waals surface area (Å²) in [6.07, 6.45) is 0. The lowest BCUT2D eigenvalue weighted by Crippen LogP contribution is -2.37. The number of hydrogen-bond donors (Lipinski definition) is 1. The summed E-state index contributed by atoms with van der Waals surface area (Å²) >= 11 is 6.24. The highest BCUT2D eigenvalue weighted by Crippen LogP contribution is 2.26. The third kappa shape index (κ3) is 4.34. The van der Waals surface area contributed by atoms with E-state index < -0.39 is 0 Å². The zero-order valence-electron chi connectivity index (χ0n) is 13.8. The van der Waals surface area contributed by atoms with Gasteiger partial charge in [0.15, 0.2) is 0 Å². The molecule has 1 amide bonds. The van der Waals surface area contributed by atoms with Crippen molar-refractivity contribution in [1.82, 2.24) is 4.90 Å². The SMILES string of the molecule is CCN(CC)C(C(=O)Nc1ccc(C)cc1Cl)c1ccccc1. The Labute approximate surface area is 143 Å². The van der Waals surface area contributed by atoms with Crippen LogP contribution in [0.5, 0.6) is 0 Å². The molecule has 0 spiro atoms. The van der Waals surface area contributed by atoms with Crippen molar-refractivity contribution in [2.75, 3.05) is 18.4 Å². The topological polar surface area (TPSA) is 32.3 Å². The molecule has 0 heterocycles. The Hall–Kier alpha value is -1.84. The smallest absolute Gasteiger partial charge is 0.246 e. The molecule has 2 rings (SSSR count). The molecule has 3 nitrogen and oxygen atoms in total. The molecule has 0 aliphatic heterocycles. The number of nitrogens with one attached hydrogen (secondary N) is 1. The molecule has 2 aromatic rings. The number of rotatable bonds is 6. The normalized spacial score (nSPS) is 12.2. The Balaban J connectivity index is 2.29. The minimum Gasteiger partial charge on any atom is -0.323 e. The number of carbonyl (C=O) groups is 1. The van der Waals surface area contributed by atoms with Crippen LogP contribution in [-0.4, -0.2) is 23.9 Å². The number of benzene rings is 2. The van der Waals surface area contributed by atoms with Crippen molar-refractivity contribution in [1.29, 1.82) is 0 Å². The highest BCUT2D eigenvalue weighted by Gasteiger charge is 2.26. The summed E-state index contributed by atoms with van der Waals surface area (Å²) < 4.78 is 0. The van der Waals surface area contributed by atoms with Crippen molar-refractivity contribution in [2.24, 2.45) is 0 Å². The van der Waals surface area contributed by atoms with Crippen LogP contribution in [0.25, 0.3) is 0 Å². The van der Waals surface area contributed by atoms with E-state index in [2.05, 4.69) is 24.1 Å². The first kappa shape index (κ1) is 17.5. The number of amides is 1. The summed E-state index contributed by atoms with van der Waals surface area (Å²) in [6.45, 7) is 7.69. The molecule has 4 heteroatoms. The molecule has 0 saturated carbocycles. The molecule has 1 atom stereocenters. The highest BCUT2D eigenvalue weighted by atomic mass is 35.5. The number of aryl methyl sites for hydroxylation is 1. The van der Waals surface area contributed by atoms with Crippen molar-refractivity contribution in [3.8, 4) is 0 Å². The third-order valence-corrected chi connectivity index (χ3v) is 4.24. The van der Waals surface area contributed by atoms with Gasteiger partial charge in [-0.3, -0.25) is 9.69 Å². The van der Waals surface area contributed by atoms with Gasteiger partial charge in [0.25, 0.3) is 0 Å². The van der Waals surface area contributed by atoms with E-state index in [9.17, 15) is 4.79 Å². The Kier molecular flexibility index (Phi) is 6.20. The zero-order valence-corrected chi connectivity index (χ0v) is 14.6. The first-order valence-electron chi connectivity index (χ1n) is 7.92. The summed E-state index contributed by atoms with van der Waals surface area (Å²) in [6, 6.07) is 15.2. The molecule has 0 aliphatic carbocycles. The van der Waals surface area contributed by atoms with E-state index in [4.69, 9.17) is 11.6 Å². The van der Waals surface area contributed by atoms with Crippen LogP contribution >= 0.6 is 11.6 Å². The fraction of sp³-hybridized carbons (Fsp3) is 0.316. The number of hydrogen-bond acceptors (Lipinski definition) is 2. The molecule has 122 valence electrons. The Morgan fingerprint density at radius 2 is 1.78 bits per heavy atom. The van der Waals surface area contributed by atoms with Crippen molar-refractivity contribution >= 4 is 23.2 Å². The predicted molar refractivity (Wildman–Crippen MR) is 96.9 cm³/mol. The van der Waals surface area contributed by atoms with Crippen LogP contribution in [0.4, 0.5) is 5.69 Å². The van der Waals surface area contributed by atoms with E-state index in [0.29, 0.717) is 10.7 Å². The molecule has 0 fully saturated rings. The molecule has 23 heavy (non-hydrogen) atoms. The van der Waals surface area contributed by atoms with Gasteiger partial charge in [-0.05, 0) is 43.3 Å². The Morgan fingerprint density at radius 3 is 2.35 bits per heavy atom. The van der Waals surface area contributed by atoms with Crippen LogP contribution in [0.1, 0.15) is 31.0 Å². The predicted octanol–water partition coefficient (Wildman–Crippen LogP) is 4.67. The number of carbonyl (C=O) groups excluding carboxylic acids is 1. The molecule has 1 unspecified atom stereocenters. The molecule has 0 bridgehead atoms. The molecule has 1 N–H and O–H groups in total. The maximum absolute atomic E-state index is 12.9. The van der Waals surface area contributed by atoms with E-state index in [-0.39, 0.29) is 11.9 Å². The van der Waals surface area contributed by atoms with Crippen LogP contribution in [0.3, 0.4) is 0 Å². The van der Waals surface area contributed by atoms with Gasteiger partial charge >= 0.3 is 0 Å². The second kappa shape index (κ2) is 8.14. The second-order valence-electron chi connectivity index (χ2n) is 5.51. The first-order chi connectivity index (χ1) is 11.1. The standard InChI is InChI=1S/C19H23ClN2O/c1-4-22(5-2)18(15-9-7-6-8-10-15)19(23)21-17-12-11-14(3)13-16(17)20/h6-13,18H,4-5H2,1-3H3,(H,21,23). The summed E-state index contributed by atoms with van der Waals surface area (Å²) in [5.41, 5.74) is 2.70. The minimum absolute atomic E-state index is 0.0642. The lowest BCUT2D eigenvalue weighted by Gasteiger charge is -2.29. The molecule has 0 radical (unpaired) electrons. The van der Waals surface area contributed by atoms with E-state index in [1.807, 2.05) is 55.5 Å². The van der Waals surface area contributed by atoms with Crippen LogP contribution < -0.4 is 5.32 Å². The first-order valence-corrected chi connectivity index (χ1v) is 8.30. The van der Waals surface area contributed by atoms with Crippen molar-refractivity contribution < 1.29 is 4.79 Å². The van der Waals surface area contributed by atoms with Gasteiger partial charge in [0.05, 0.1) is 10.7 Å². The summed E-state index contributed by atoms with van der Waals surface area (Å²) in [5, 5.41) is 3.53. The van der Waals surface area contributed by atoms with Crippen LogP contribution in [-0.2, 0) is 4.79 Å². The van der Waals surface area contributed by atoms with E-state index in [0.717, 1.165) is 24.2 Å². The number of nitrogens with zero attached hydrogens (tertiary/aromatic N) is 1. The molecule has 0 aliphatic rings. The van der Waals surface area contributed by atoms with E-state index in [1.165, 1.54) is 0 Å². The highest BCUT2D eigenvalue weighted by molar-refractivity contribution is 6.33. The van der Waals surface area contributed by atoms with Gasteiger partial charge < -0.3 is 5.32 Å². The molecule has 0 aromatic heterocycles. The van der Waals surface area contributed by atoms with Gasteiger partial charge in [-0.1, -0.05) is 61.8 Å². The minimum atomic E-state index is -0.330. The largest absolute Gasteiger partial charge is 0.323 e. The Morgan fingerprint density at radius 1 is 1.13 bits per heavy atom. The molecule has 0 saturated heterocycles. The molecular weight excluding hydrogens is 308 g/mol. The Bertz CT molecular complexity index is 654. The maximum Gasteiger partial charge on any atom is 0.246 e. The van der Waals surface area contributed by atoms with Gasteiger partial charge in [0.1, 0.15) is 6.04 Å². The molecule has 2 aromatic carbocycles. The van der Waals surface area contributed by atoms with Crippen molar-refractivity contribution in [3.63, 3.8) is 0 Å². The average Bonchev–Trinajstić information content (AvgIpc) is 2.55. The second-order valence-corrected chi connectivity index (χ2v) is 5.91. The average molecular weight is 331 g/mol. The number of halogens is 1. The summed E-state index contributed by atoms with van der Waals surface area (Å²) in [7, 11) is 0. The number of likely N-dealkylation sites (N-methyl/N-ethyl adjacent to an activating group) is 1. The monoisotopic (exact) mass is 330 g/mol. The van der Waals surface area contributed by atoms with Gasteiger partial charge in [0.2, 0.25) is 5.91 Å². The lowest BCUT2D eigenvalue weighted by molar-refractivity contribution is -0.121. The van der Waals surface area contributed by atoms with Crippen LogP contribution in [0, 0.1) is 6.92 Å². The maximum atomic E-state index is 12.9. The quantitative estimate of drug-likeness (QED) is 0.834. The number of anilines is 1. The fourth-order valence-corrected chi connectivity index (χ4v) is 2.96. The fourth-order valence-electron chi connectivity index (χ4n) is 2.67. The van der Waals surface area contributed by atoms with Crippen LogP contribution in [0.15, 0.2) is 48.5 Å². The van der Waals surface area contributed by atoms with Gasteiger partial charge in [-0.15, -0.1) is 0 Å². The van der Waals surface area contributed by atoms with Crippen molar-refractivity contribution in [3.05, 3.63) is 64.7 Å². The molecular formula is C19H23ClN2O. The van der Waals surface area contributed by atoms with Gasteiger partial charge in [0, 0.05) is 0 Å². The third-order valence-electron chi connectivity index (χ3n) is 3.92. The van der Waals surface area contributed by atoms with E-state index in [1.54, 1.807) is 0 Å².